The fourth-order valence-electron chi connectivity index (χ4n) is 8.97. The van der Waals surface area contributed by atoms with E-state index in [0.717, 1.165) is 6.42 Å². The van der Waals surface area contributed by atoms with Crippen LogP contribution >= 0.6 is 0 Å². The molecular formula is C55H42. The molecule has 0 saturated carbocycles. The topological polar surface area (TPSA) is 0 Å². The van der Waals surface area contributed by atoms with Gasteiger partial charge in [-0.2, -0.15) is 0 Å². The van der Waals surface area contributed by atoms with E-state index in [0.29, 0.717) is 5.92 Å². The lowest BCUT2D eigenvalue weighted by Gasteiger charge is -2.21. The van der Waals surface area contributed by atoms with Crippen LogP contribution in [-0.2, 0) is 0 Å². The molecule has 0 heterocycles. The Kier molecular flexibility index (Phi) is 8.07. The van der Waals surface area contributed by atoms with E-state index in [1.165, 1.54) is 109 Å². The van der Waals surface area contributed by atoms with Gasteiger partial charge in [0.15, 0.2) is 0 Å². The molecule has 0 N–H and O–H groups in total. The van der Waals surface area contributed by atoms with Crippen LogP contribution in [0.1, 0.15) is 37.3 Å². The summed E-state index contributed by atoms with van der Waals surface area (Å²) >= 11 is 0. The largest absolute Gasteiger partial charge is 0.0648 e. The number of benzene rings is 10. The fourth-order valence-corrected chi connectivity index (χ4v) is 8.97. The van der Waals surface area contributed by atoms with E-state index < -0.39 is 0 Å². The van der Waals surface area contributed by atoms with E-state index in [4.69, 9.17) is 0 Å². The lowest BCUT2D eigenvalue weighted by Crippen LogP contribution is -1.99. The van der Waals surface area contributed by atoms with E-state index in [9.17, 15) is 0 Å². The molecule has 0 amide bonds. The summed E-state index contributed by atoms with van der Waals surface area (Å²) in [5.41, 5.74) is 12.9. The van der Waals surface area contributed by atoms with Crippen molar-refractivity contribution in [3.05, 3.63) is 193 Å². The number of hydrogen-bond acceptors (Lipinski definition) is 0. The first kappa shape index (κ1) is 33.1. The highest BCUT2D eigenvalue weighted by Crippen LogP contribution is 2.41. The fraction of sp³-hybridized carbons (Fsp3) is 0.0909. The second-order valence-corrected chi connectivity index (χ2v) is 15.3. The summed E-state index contributed by atoms with van der Waals surface area (Å²) in [6.45, 7) is 6.95. The molecule has 1 unspecified atom stereocenters. The first-order valence-electron chi connectivity index (χ1n) is 19.6. The number of hydrogen-bond donors (Lipinski definition) is 0. The van der Waals surface area contributed by atoms with Gasteiger partial charge in [-0.15, -0.1) is 0 Å². The third kappa shape index (κ3) is 5.69. The first-order chi connectivity index (χ1) is 27.0. The third-order valence-electron chi connectivity index (χ3n) is 12.1. The predicted octanol–water partition coefficient (Wildman–Crippen LogP) is 15.9. The molecule has 55 heavy (non-hydrogen) atoms. The molecule has 0 saturated heterocycles. The van der Waals surface area contributed by atoms with Gasteiger partial charge in [-0.05, 0) is 153 Å². The van der Waals surface area contributed by atoms with Gasteiger partial charge in [0.1, 0.15) is 0 Å². The maximum atomic E-state index is 2.37. The molecule has 0 aliphatic heterocycles. The molecule has 0 aliphatic rings. The van der Waals surface area contributed by atoms with E-state index in [1.54, 1.807) is 0 Å². The number of fused-ring (bicyclic) bond motifs is 7. The Hall–Kier alpha value is -6.50. The highest BCUT2D eigenvalue weighted by molar-refractivity contribution is 6.17. The van der Waals surface area contributed by atoms with Gasteiger partial charge >= 0.3 is 0 Å². The van der Waals surface area contributed by atoms with Crippen molar-refractivity contribution in [1.29, 1.82) is 0 Å². The van der Waals surface area contributed by atoms with Crippen LogP contribution in [0.2, 0.25) is 0 Å². The van der Waals surface area contributed by atoms with Gasteiger partial charge in [0, 0.05) is 0 Å². The minimum absolute atomic E-state index is 0.463. The molecule has 10 rings (SSSR count). The van der Waals surface area contributed by atoms with Gasteiger partial charge in [0.05, 0.1) is 0 Å². The SMILES string of the molecule is CCC(C)c1c(-c2cccc(-c3cccc(-c4ccc5cc(-c6ccc7ccc8c9ccccc9ccc8c7c6)ccc5c4)c3)c2C)ccc2ccccc12. The summed E-state index contributed by atoms with van der Waals surface area (Å²) in [7, 11) is 0. The third-order valence-corrected chi connectivity index (χ3v) is 12.1. The van der Waals surface area contributed by atoms with Gasteiger partial charge in [-0.25, -0.2) is 0 Å². The minimum atomic E-state index is 0.463. The molecule has 262 valence electrons. The van der Waals surface area contributed by atoms with Gasteiger partial charge in [0.25, 0.3) is 0 Å². The summed E-state index contributed by atoms with van der Waals surface area (Å²) in [5, 5.41) is 12.9. The standard InChI is InChI=1S/C55H42/c1-4-35(2)55-50-16-8-6-12-38(50)27-30-53(55)48-18-10-17-47(36(48)3)46-14-9-13-40(33-46)41-21-22-43-32-44(24-23-42(43)31-41)45-20-19-39-26-28-51-49-15-7-5-11-37(49)25-29-52(51)54(39)34-45/h5-35H,4H2,1-3H3. The van der Waals surface area contributed by atoms with Crippen LogP contribution in [0.3, 0.4) is 0 Å². The molecule has 0 aliphatic carbocycles. The molecule has 0 nitrogen and oxygen atoms in total. The Labute approximate surface area is 323 Å². The molecule has 0 bridgehead atoms. The van der Waals surface area contributed by atoms with Crippen molar-refractivity contribution < 1.29 is 0 Å². The van der Waals surface area contributed by atoms with Gasteiger partial charge < -0.3 is 0 Å². The van der Waals surface area contributed by atoms with Crippen molar-refractivity contribution >= 4 is 53.9 Å². The molecule has 10 aromatic rings. The summed E-state index contributed by atoms with van der Waals surface area (Å²) in [6, 6.07) is 67.8. The van der Waals surface area contributed by atoms with Crippen LogP contribution in [0.4, 0.5) is 0 Å². The second-order valence-electron chi connectivity index (χ2n) is 15.3. The molecule has 0 radical (unpaired) electrons. The summed E-state index contributed by atoms with van der Waals surface area (Å²) in [6.07, 6.45) is 1.10. The highest BCUT2D eigenvalue weighted by Gasteiger charge is 2.18. The van der Waals surface area contributed by atoms with Gasteiger partial charge in [0.2, 0.25) is 0 Å². The average Bonchev–Trinajstić information content (AvgIpc) is 3.25. The van der Waals surface area contributed by atoms with E-state index in [-0.39, 0.29) is 0 Å². The van der Waals surface area contributed by atoms with Crippen LogP contribution in [0.25, 0.3) is 98.4 Å². The predicted molar refractivity (Wildman–Crippen MR) is 239 cm³/mol. The Morgan fingerprint density at radius 2 is 0.855 bits per heavy atom. The Morgan fingerprint density at radius 3 is 1.58 bits per heavy atom. The van der Waals surface area contributed by atoms with Crippen LogP contribution in [0.5, 0.6) is 0 Å². The monoisotopic (exact) mass is 702 g/mol. The van der Waals surface area contributed by atoms with Crippen molar-refractivity contribution in [3.63, 3.8) is 0 Å². The molecule has 0 heteroatoms. The van der Waals surface area contributed by atoms with E-state index >= 15 is 0 Å². The highest BCUT2D eigenvalue weighted by atomic mass is 14.2. The van der Waals surface area contributed by atoms with Crippen molar-refractivity contribution in [3.8, 4) is 44.5 Å². The molecular weight excluding hydrogens is 661 g/mol. The second kappa shape index (κ2) is 13.4. The zero-order valence-electron chi connectivity index (χ0n) is 31.6. The summed E-state index contributed by atoms with van der Waals surface area (Å²) < 4.78 is 0. The summed E-state index contributed by atoms with van der Waals surface area (Å²) in [5.74, 6) is 0.463. The van der Waals surface area contributed by atoms with E-state index in [2.05, 4.69) is 203 Å². The van der Waals surface area contributed by atoms with Crippen LogP contribution < -0.4 is 0 Å². The van der Waals surface area contributed by atoms with Gasteiger partial charge in [-0.3, -0.25) is 0 Å². The van der Waals surface area contributed by atoms with Gasteiger partial charge in [-0.1, -0.05) is 172 Å². The molecule has 0 fully saturated rings. The zero-order chi connectivity index (χ0) is 37.0. The first-order valence-corrected chi connectivity index (χ1v) is 19.6. The van der Waals surface area contributed by atoms with Crippen molar-refractivity contribution in [2.75, 3.05) is 0 Å². The van der Waals surface area contributed by atoms with Crippen molar-refractivity contribution in [2.45, 2.75) is 33.1 Å². The average molecular weight is 703 g/mol. The van der Waals surface area contributed by atoms with Crippen molar-refractivity contribution in [1.82, 2.24) is 0 Å². The maximum Gasteiger partial charge on any atom is -0.00987 e. The molecule has 10 aromatic carbocycles. The van der Waals surface area contributed by atoms with Crippen LogP contribution in [0, 0.1) is 6.92 Å². The van der Waals surface area contributed by atoms with Crippen molar-refractivity contribution in [2.24, 2.45) is 0 Å². The van der Waals surface area contributed by atoms with Crippen LogP contribution in [-0.4, -0.2) is 0 Å². The Balaban J connectivity index is 0.995. The lowest BCUT2D eigenvalue weighted by molar-refractivity contribution is 0.741. The zero-order valence-corrected chi connectivity index (χ0v) is 31.6. The lowest BCUT2D eigenvalue weighted by atomic mass is 9.83. The van der Waals surface area contributed by atoms with Crippen LogP contribution in [0.15, 0.2) is 182 Å². The Bertz CT molecular complexity index is 3110. The minimum Gasteiger partial charge on any atom is -0.0648 e. The number of rotatable bonds is 6. The van der Waals surface area contributed by atoms with E-state index in [1.807, 2.05) is 0 Å². The molecule has 0 aromatic heterocycles. The quantitative estimate of drug-likeness (QED) is 0.151. The normalized spacial score (nSPS) is 12.3. The Morgan fingerprint density at radius 1 is 0.345 bits per heavy atom. The smallest absolute Gasteiger partial charge is 0.00987 e. The molecule has 1 atom stereocenters. The maximum absolute atomic E-state index is 2.37. The molecule has 0 spiro atoms. The summed E-state index contributed by atoms with van der Waals surface area (Å²) in [4.78, 5) is 0.